The molecule has 0 aromatic carbocycles. The molecule has 1 aromatic heterocycles. The minimum Gasteiger partial charge on any atom is -0.308 e. The molecule has 6 nitrogen and oxygen atoms in total. The molecule has 1 rings (SSSR count). The Kier molecular flexibility index (Phi) is 2.27. The van der Waals surface area contributed by atoms with Crippen molar-refractivity contribution in [3.8, 4) is 0 Å². The topological polar surface area (TPSA) is 111 Å². The average Bonchev–Trinajstić information content (AvgIpc) is 2.03. The summed E-state index contributed by atoms with van der Waals surface area (Å²) in [6.07, 6.45) is 1.30. The zero-order chi connectivity index (χ0) is 9.19. The first kappa shape index (κ1) is 8.91. The third-order valence-electron chi connectivity index (χ3n) is 1.21. The van der Waals surface area contributed by atoms with Gasteiger partial charge in [-0.25, -0.2) is 24.4 Å². The molecule has 7 heteroatoms. The minimum atomic E-state index is -3.67. The zero-order valence-corrected chi connectivity index (χ0v) is 6.88. The Balaban J connectivity index is 3.20. The van der Waals surface area contributed by atoms with E-state index in [4.69, 9.17) is 11.0 Å². The monoisotopic (exact) mass is 188 g/mol. The first-order valence-corrected chi connectivity index (χ1v) is 4.54. The van der Waals surface area contributed by atoms with Gasteiger partial charge in [-0.1, -0.05) is 0 Å². The van der Waals surface area contributed by atoms with E-state index in [-0.39, 0.29) is 10.7 Å². The molecule has 0 aliphatic rings. The summed E-state index contributed by atoms with van der Waals surface area (Å²) in [6.45, 7) is 0. The van der Waals surface area contributed by atoms with Crippen LogP contribution in [-0.4, -0.2) is 13.4 Å². The highest BCUT2D eigenvalue weighted by molar-refractivity contribution is 7.89. The third-order valence-corrected chi connectivity index (χ3v) is 2.12. The fourth-order valence-electron chi connectivity index (χ4n) is 0.667. The van der Waals surface area contributed by atoms with Crippen molar-refractivity contribution in [1.29, 1.82) is 0 Å². The predicted molar refractivity (Wildman–Crippen MR) is 43.4 cm³/mol. The highest BCUT2D eigenvalue weighted by Crippen LogP contribution is 2.09. The number of primary sulfonamides is 1. The van der Waals surface area contributed by atoms with Crippen LogP contribution in [0.4, 0.5) is 5.82 Å². The molecule has 1 aromatic rings. The second-order valence-corrected chi connectivity index (χ2v) is 3.63. The highest BCUT2D eigenvalue weighted by atomic mass is 32.2. The average molecular weight is 188 g/mol. The van der Waals surface area contributed by atoms with E-state index in [9.17, 15) is 8.42 Å². The number of hydrazine groups is 1. The van der Waals surface area contributed by atoms with Crippen molar-refractivity contribution in [3.05, 3.63) is 18.3 Å². The molecule has 0 aliphatic heterocycles. The van der Waals surface area contributed by atoms with Crippen molar-refractivity contribution in [1.82, 2.24) is 4.98 Å². The maximum absolute atomic E-state index is 10.8. The number of sulfonamides is 1. The summed E-state index contributed by atoms with van der Waals surface area (Å²) in [6, 6.07) is 2.53. The van der Waals surface area contributed by atoms with Gasteiger partial charge in [-0.3, -0.25) is 0 Å². The Labute approximate surface area is 69.6 Å². The molecule has 0 saturated carbocycles. The number of nitrogens with two attached hydrogens (primary N) is 2. The van der Waals surface area contributed by atoms with Gasteiger partial charge >= 0.3 is 0 Å². The molecule has 66 valence electrons. The number of rotatable bonds is 2. The van der Waals surface area contributed by atoms with E-state index >= 15 is 0 Å². The predicted octanol–water partition coefficient (Wildman–Crippen LogP) is -0.985. The SMILES string of the molecule is NNc1cc(S(N)(=O)=O)ccn1. The van der Waals surface area contributed by atoms with E-state index < -0.39 is 10.0 Å². The molecule has 0 radical (unpaired) electrons. The molecular formula is C5H8N4O2S. The van der Waals surface area contributed by atoms with Crippen molar-refractivity contribution < 1.29 is 8.42 Å². The molecular weight excluding hydrogens is 180 g/mol. The summed E-state index contributed by atoms with van der Waals surface area (Å²) in [7, 11) is -3.67. The molecule has 0 atom stereocenters. The summed E-state index contributed by atoms with van der Waals surface area (Å²) in [5, 5.41) is 4.86. The van der Waals surface area contributed by atoms with Crippen LogP contribution in [0.5, 0.6) is 0 Å². The minimum absolute atomic E-state index is 0.0227. The van der Waals surface area contributed by atoms with Gasteiger partial charge in [0.05, 0.1) is 4.90 Å². The Bertz CT molecular complexity index is 375. The lowest BCUT2D eigenvalue weighted by atomic mass is 10.5. The fourth-order valence-corrected chi connectivity index (χ4v) is 1.19. The summed E-state index contributed by atoms with van der Waals surface area (Å²) < 4.78 is 21.6. The second-order valence-electron chi connectivity index (χ2n) is 2.07. The van der Waals surface area contributed by atoms with Gasteiger partial charge in [-0.15, -0.1) is 0 Å². The van der Waals surface area contributed by atoms with E-state index in [2.05, 4.69) is 10.4 Å². The Morgan fingerprint density at radius 3 is 2.67 bits per heavy atom. The fraction of sp³-hybridized carbons (Fsp3) is 0. The summed E-state index contributed by atoms with van der Waals surface area (Å²) in [4.78, 5) is 3.69. The van der Waals surface area contributed by atoms with Crippen molar-refractivity contribution in [2.45, 2.75) is 4.90 Å². The molecule has 1 heterocycles. The Morgan fingerprint density at radius 1 is 1.50 bits per heavy atom. The van der Waals surface area contributed by atoms with Gasteiger partial charge in [0.15, 0.2) is 0 Å². The van der Waals surface area contributed by atoms with Crippen LogP contribution in [0.15, 0.2) is 23.2 Å². The molecule has 0 fully saturated rings. The molecule has 0 amide bonds. The summed E-state index contributed by atoms with van der Waals surface area (Å²) in [5.74, 6) is 5.27. The number of hydrogen-bond acceptors (Lipinski definition) is 5. The molecule has 0 bridgehead atoms. The van der Waals surface area contributed by atoms with Gasteiger partial charge in [0.25, 0.3) is 0 Å². The maximum Gasteiger partial charge on any atom is 0.238 e. The largest absolute Gasteiger partial charge is 0.308 e. The van der Waals surface area contributed by atoms with Crippen LogP contribution in [0.3, 0.4) is 0 Å². The van der Waals surface area contributed by atoms with Crippen molar-refractivity contribution in [2.24, 2.45) is 11.0 Å². The van der Waals surface area contributed by atoms with Crippen LogP contribution < -0.4 is 16.4 Å². The van der Waals surface area contributed by atoms with Crippen molar-refractivity contribution in [2.75, 3.05) is 5.43 Å². The number of nitrogen functional groups attached to an aromatic ring is 1. The van der Waals surface area contributed by atoms with Gasteiger partial charge in [0.2, 0.25) is 10.0 Å². The lowest BCUT2D eigenvalue weighted by molar-refractivity contribution is 0.597. The van der Waals surface area contributed by atoms with Crippen molar-refractivity contribution in [3.63, 3.8) is 0 Å². The number of aromatic nitrogens is 1. The van der Waals surface area contributed by atoms with E-state index in [1.54, 1.807) is 0 Å². The number of nitrogens with zero attached hydrogens (tertiary/aromatic N) is 1. The van der Waals surface area contributed by atoms with Gasteiger partial charge in [-0.05, 0) is 6.07 Å². The van der Waals surface area contributed by atoms with Crippen LogP contribution in [0.25, 0.3) is 0 Å². The van der Waals surface area contributed by atoms with E-state index in [0.717, 1.165) is 0 Å². The van der Waals surface area contributed by atoms with Crippen LogP contribution in [0, 0.1) is 0 Å². The van der Waals surface area contributed by atoms with Gasteiger partial charge in [-0.2, -0.15) is 0 Å². The lowest BCUT2D eigenvalue weighted by Crippen LogP contribution is -2.14. The standard InChI is InChI=1S/C5H8N4O2S/c6-9-5-3-4(1-2-8-5)12(7,10)11/h1-3H,6H2,(H,8,9)(H2,7,10,11). The zero-order valence-electron chi connectivity index (χ0n) is 6.06. The number of hydrogen-bond donors (Lipinski definition) is 3. The van der Waals surface area contributed by atoms with Gasteiger partial charge < -0.3 is 5.43 Å². The lowest BCUT2D eigenvalue weighted by Gasteiger charge is -2.00. The Hall–Kier alpha value is -1.18. The van der Waals surface area contributed by atoms with Crippen LogP contribution in [0.2, 0.25) is 0 Å². The van der Waals surface area contributed by atoms with Crippen LogP contribution in [0.1, 0.15) is 0 Å². The molecule has 12 heavy (non-hydrogen) atoms. The van der Waals surface area contributed by atoms with Crippen molar-refractivity contribution >= 4 is 15.8 Å². The normalized spacial score (nSPS) is 11.2. The quantitative estimate of drug-likeness (QED) is 0.408. The number of nitrogens with one attached hydrogen (secondary N) is 1. The van der Waals surface area contributed by atoms with E-state index in [0.29, 0.717) is 0 Å². The maximum atomic E-state index is 10.8. The smallest absolute Gasteiger partial charge is 0.238 e. The molecule has 5 N–H and O–H groups in total. The van der Waals surface area contributed by atoms with E-state index in [1.165, 1.54) is 18.3 Å². The number of anilines is 1. The van der Waals surface area contributed by atoms with Gasteiger partial charge in [0, 0.05) is 12.3 Å². The third kappa shape index (κ3) is 1.91. The van der Waals surface area contributed by atoms with Gasteiger partial charge in [0.1, 0.15) is 5.82 Å². The van der Waals surface area contributed by atoms with Crippen LogP contribution in [-0.2, 0) is 10.0 Å². The summed E-state index contributed by atoms with van der Waals surface area (Å²) >= 11 is 0. The first-order valence-electron chi connectivity index (χ1n) is 2.99. The molecule has 0 aliphatic carbocycles. The molecule has 0 unspecified atom stereocenters. The van der Waals surface area contributed by atoms with E-state index in [1.807, 2.05) is 0 Å². The number of pyridine rings is 1. The molecule has 0 saturated heterocycles. The summed E-state index contributed by atoms with van der Waals surface area (Å²) in [5.41, 5.74) is 2.21. The Morgan fingerprint density at radius 2 is 2.17 bits per heavy atom. The highest BCUT2D eigenvalue weighted by Gasteiger charge is 2.07. The first-order chi connectivity index (χ1) is 5.54. The molecule has 0 spiro atoms. The van der Waals surface area contributed by atoms with Crippen LogP contribution >= 0.6 is 0 Å². The second kappa shape index (κ2) is 3.05.